The Bertz CT molecular complexity index is 903. The molecule has 9 heteroatoms. The zero-order chi connectivity index (χ0) is 23.3. The molecule has 0 spiro atoms. The van der Waals surface area contributed by atoms with Gasteiger partial charge in [0.1, 0.15) is 25.3 Å². The van der Waals surface area contributed by atoms with Crippen molar-refractivity contribution in [2.24, 2.45) is 0 Å². The van der Waals surface area contributed by atoms with Crippen molar-refractivity contribution >= 4 is 23.9 Å². The molecule has 2 rings (SSSR count). The smallest absolute Gasteiger partial charge is 0.329 e. The molecule has 0 saturated heterocycles. The summed E-state index contributed by atoms with van der Waals surface area (Å²) in [5.74, 6) is -2.52. The molecule has 0 bridgehead atoms. The molecule has 0 aliphatic heterocycles. The van der Waals surface area contributed by atoms with E-state index in [1.807, 2.05) is 36.4 Å². The summed E-state index contributed by atoms with van der Waals surface area (Å²) in [6.07, 6.45) is -0.219. The third-order valence-electron chi connectivity index (χ3n) is 4.41. The van der Waals surface area contributed by atoms with E-state index < -0.39 is 36.0 Å². The number of rotatable bonds is 11. The van der Waals surface area contributed by atoms with Crippen LogP contribution in [0.25, 0.3) is 0 Å². The maximum absolute atomic E-state index is 12.5. The van der Waals surface area contributed by atoms with E-state index >= 15 is 0 Å². The third kappa shape index (κ3) is 8.86. The van der Waals surface area contributed by atoms with Gasteiger partial charge in [-0.2, -0.15) is 0 Å². The third-order valence-corrected chi connectivity index (χ3v) is 4.41. The monoisotopic (exact) mass is 442 g/mol. The van der Waals surface area contributed by atoms with Crippen LogP contribution in [-0.2, 0) is 37.1 Å². The SMILES string of the molecule is C[C@H](NC(=O)N[C@@H](CCC(=O)OCc1ccccc1)C(=O)OCc1ccccc1)C(=O)O. The molecule has 2 amide bonds. The van der Waals surface area contributed by atoms with Gasteiger partial charge in [-0.1, -0.05) is 60.7 Å². The summed E-state index contributed by atoms with van der Waals surface area (Å²) in [5, 5.41) is 13.5. The van der Waals surface area contributed by atoms with Crippen LogP contribution in [0.4, 0.5) is 4.79 Å². The number of hydrogen-bond donors (Lipinski definition) is 3. The summed E-state index contributed by atoms with van der Waals surface area (Å²) >= 11 is 0. The van der Waals surface area contributed by atoms with Crippen molar-refractivity contribution in [2.45, 2.75) is 45.1 Å². The molecular weight excluding hydrogens is 416 g/mol. The molecule has 2 atom stereocenters. The minimum absolute atomic E-state index is 0.0105. The van der Waals surface area contributed by atoms with E-state index in [1.165, 1.54) is 6.92 Å². The lowest BCUT2D eigenvalue weighted by Crippen LogP contribution is -2.50. The van der Waals surface area contributed by atoms with Crippen molar-refractivity contribution in [3.05, 3.63) is 71.8 Å². The van der Waals surface area contributed by atoms with Gasteiger partial charge in [-0.15, -0.1) is 0 Å². The van der Waals surface area contributed by atoms with E-state index in [9.17, 15) is 19.2 Å². The van der Waals surface area contributed by atoms with Crippen molar-refractivity contribution in [3.63, 3.8) is 0 Å². The lowest BCUT2D eigenvalue weighted by molar-refractivity contribution is -0.148. The first-order chi connectivity index (χ1) is 15.3. The Balaban J connectivity index is 1.92. The molecule has 0 heterocycles. The van der Waals surface area contributed by atoms with Crippen molar-refractivity contribution in [1.82, 2.24) is 10.6 Å². The van der Waals surface area contributed by atoms with E-state index in [0.29, 0.717) is 0 Å². The van der Waals surface area contributed by atoms with Crippen LogP contribution in [0.5, 0.6) is 0 Å². The summed E-state index contributed by atoms with van der Waals surface area (Å²) in [4.78, 5) is 47.6. The second kappa shape index (κ2) is 12.7. The van der Waals surface area contributed by atoms with Gasteiger partial charge in [0.25, 0.3) is 0 Å². The number of carbonyl (C=O) groups is 4. The van der Waals surface area contributed by atoms with Crippen molar-refractivity contribution in [2.75, 3.05) is 0 Å². The Kier molecular flexibility index (Phi) is 9.70. The van der Waals surface area contributed by atoms with E-state index in [-0.39, 0.29) is 26.1 Å². The second-order valence-corrected chi connectivity index (χ2v) is 7.01. The van der Waals surface area contributed by atoms with E-state index in [4.69, 9.17) is 14.6 Å². The number of carboxylic acids is 1. The highest BCUT2D eigenvalue weighted by atomic mass is 16.5. The van der Waals surface area contributed by atoms with Crippen LogP contribution in [0.2, 0.25) is 0 Å². The molecule has 3 N–H and O–H groups in total. The minimum Gasteiger partial charge on any atom is -0.480 e. The van der Waals surface area contributed by atoms with Gasteiger partial charge in [0.05, 0.1) is 0 Å². The zero-order valence-corrected chi connectivity index (χ0v) is 17.7. The van der Waals surface area contributed by atoms with E-state index in [1.54, 1.807) is 24.3 Å². The summed E-state index contributed by atoms with van der Waals surface area (Å²) in [6, 6.07) is 14.9. The van der Waals surface area contributed by atoms with Crippen LogP contribution in [0.15, 0.2) is 60.7 Å². The van der Waals surface area contributed by atoms with Gasteiger partial charge in [-0.05, 0) is 24.5 Å². The number of ether oxygens (including phenoxy) is 2. The highest BCUT2D eigenvalue weighted by Gasteiger charge is 2.25. The Morgan fingerprint density at radius 2 is 1.38 bits per heavy atom. The normalized spacial score (nSPS) is 12.2. The van der Waals surface area contributed by atoms with Gasteiger partial charge in [-0.3, -0.25) is 9.59 Å². The average Bonchev–Trinajstić information content (AvgIpc) is 2.80. The molecule has 32 heavy (non-hydrogen) atoms. The molecule has 0 aliphatic rings. The highest BCUT2D eigenvalue weighted by molar-refractivity contribution is 5.86. The zero-order valence-electron chi connectivity index (χ0n) is 17.7. The first kappa shape index (κ1) is 24.4. The first-order valence-electron chi connectivity index (χ1n) is 10.0. The summed E-state index contributed by atoms with van der Waals surface area (Å²) in [5.41, 5.74) is 1.57. The number of hydrogen-bond acceptors (Lipinski definition) is 6. The fourth-order valence-electron chi connectivity index (χ4n) is 2.61. The van der Waals surface area contributed by atoms with Gasteiger partial charge < -0.3 is 25.2 Å². The molecule has 170 valence electrons. The molecule has 2 aromatic carbocycles. The van der Waals surface area contributed by atoms with Gasteiger partial charge in [-0.25, -0.2) is 9.59 Å². The Hall–Kier alpha value is -3.88. The van der Waals surface area contributed by atoms with Crippen LogP contribution in [-0.4, -0.2) is 41.1 Å². The van der Waals surface area contributed by atoms with Gasteiger partial charge in [0.15, 0.2) is 0 Å². The lowest BCUT2D eigenvalue weighted by Gasteiger charge is -2.19. The number of aliphatic carboxylic acids is 1. The number of urea groups is 1. The number of esters is 2. The van der Waals surface area contributed by atoms with Crippen molar-refractivity contribution < 1.29 is 33.8 Å². The molecule has 0 saturated carbocycles. The molecule has 0 unspecified atom stereocenters. The van der Waals surface area contributed by atoms with E-state index in [0.717, 1.165) is 11.1 Å². The maximum Gasteiger partial charge on any atom is 0.329 e. The van der Waals surface area contributed by atoms with Gasteiger partial charge in [0.2, 0.25) is 0 Å². The minimum atomic E-state index is -1.23. The molecule has 9 nitrogen and oxygen atoms in total. The molecule has 0 aliphatic carbocycles. The second-order valence-electron chi connectivity index (χ2n) is 7.01. The van der Waals surface area contributed by atoms with Gasteiger partial charge in [0, 0.05) is 6.42 Å². The van der Waals surface area contributed by atoms with Crippen LogP contribution < -0.4 is 10.6 Å². The molecular formula is C23H26N2O7. The fourth-order valence-corrected chi connectivity index (χ4v) is 2.61. The predicted octanol–water partition coefficient (Wildman–Crippen LogP) is 2.39. The molecule has 0 aromatic heterocycles. The Labute approximate surface area is 185 Å². The fraction of sp³-hybridized carbons (Fsp3) is 0.304. The Morgan fingerprint density at radius 1 is 0.844 bits per heavy atom. The highest BCUT2D eigenvalue weighted by Crippen LogP contribution is 2.08. The number of carbonyl (C=O) groups excluding carboxylic acids is 3. The molecule has 0 fully saturated rings. The maximum atomic E-state index is 12.5. The number of benzene rings is 2. The molecule has 0 radical (unpaired) electrons. The van der Waals surface area contributed by atoms with Crippen molar-refractivity contribution in [1.29, 1.82) is 0 Å². The standard InChI is InChI=1S/C23H26N2O7/c1-16(21(27)28)24-23(30)25-19(22(29)32-15-18-10-6-3-7-11-18)12-13-20(26)31-14-17-8-4-2-5-9-17/h2-11,16,19H,12-15H2,1H3,(H,27,28)(H2,24,25,30)/t16-,19-/m0/s1. The van der Waals surface area contributed by atoms with Gasteiger partial charge >= 0.3 is 23.9 Å². The average molecular weight is 442 g/mol. The predicted molar refractivity (Wildman–Crippen MR) is 114 cm³/mol. The largest absolute Gasteiger partial charge is 0.480 e. The first-order valence-corrected chi connectivity index (χ1v) is 10.0. The van der Waals surface area contributed by atoms with Crippen molar-refractivity contribution in [3.8, 4) is 0 Å². The number of amides is 2. The van der Waals surface area contributed by atoms with Crippen LogP contribution >= 0.6 is 0 Å². The summed E-state index contributed by atoms with van der Waals surface area (Å²) in [6.45, 7) is 1.36. The quantitative estimate of drug-likeness (QED) is 0.455. The number of nitrogens with one attached hydrogen (secondary N) is 2. The topological polar surface area (TPSA) is 131 Å². The lowest BCUT2D eigenvalue weighted by atomic mass is 10.1. The molecule has 2 aromatic rings. The summed E-state index contributed by atoms with van der Waals surface area (Å²) < 4.78 is 10.4. The Morgan fingerprint density at radius 3 is 1.91 bits per heavy atom. The number of carboxylic acid groups (broad SMARTS) is 1. The summed E-state index contributed by atoms with van der Waals surface area (Å²) in [7, 11) is 0. The van der Waals surface area contributed by atoms with Crippen LogP contribution in [0.3, 0.4) is 0 Å². The van der Waals surface area contributed by atoms with E-state index in [2.05, 4.69) is 10.6 Å². The van der Waals surface area contributed by atoms with Crippen LogP contribution in [0, 0.1) is 0 Å². The van der Waals surface area contributed by atoms with Crippen LogP contribution in [0.1, 0.15) is 30.9 Å².